The Labute approximate surface area is 373 Å². The van der Waals surface area contributed by atoms with Crippen LogP contribution in [0.15, 0.2) is 54.6 Å². The highest BCUT2D eigenvalue weighted by molar-refractivity contribution is 5.94. The minimum Gasteiger partial charge on any atom is -0.491 e. The highest BCUT2D eigenvalue weighted by Crippen LogP contribution is 2.30. The van der Waals surface area contributed by atoms with Crippen LogP contribution in [0, 0.1) is 23.7 Å². The van der Waals surface area contributed by atoms with E-state index in [2.05, 4.69) is 17.6 Å². The van der Waals surface area contributed by atoms with Crippen LogP contribution in [0.25, 0.3) is 0 Å². The summed E-state index contributed by atoms with van der Waals surface area (Å²) in [5.74, 6) is -1.01. The molecule has 2 aromatic rings. The van der Waals surface area contributed by atoms with Crippen LogP contribution in [-0.2, 0) is 35.1 Å². The van der Waals surface area contributed by atoms with Crippen LogP contribution in [0.1, 0.15) is 104 Å². The maximum absolute atomic E-state index is 14.4. The lowest BCUT2D eigenvalue weighted by atomic mass is 9.89. The molecule has 1 saturated heterocycles. The van der Waals surface area contributed by atoms with E-state index in [1.165, 1.54) is 6.92 Å². The Hall–Kier alpha value is -4.33. The number of hydrogen-bond donors (Lipinski definition) is 2. The smallest absolute Gasteiger partial charge is 0.245 e. The van der Waals surface area contributed by atoms with Gasteiger partial charge < -0.3 is 34.6 Å². The number of methoxy groups -OCH3 is 2. The first-order valence-corrected chi connectivity index (χ1v) is 22.0. The van der Waals surface area contributed by atoms with Crippen LogP contribution in [0.2, 0.25) is 0 Å². The molecule has 9 atom stereocenters. The first-order valence-electron chi connectivity index (χ1n) is 22.0. The Balaban J connectivity index is 0.0000132. The minimum absolute atomic E-state index is 0. The Morgan fingerprint density at radius 2 is 1.47 bits per heavy atom. The molecule has 62 heavy (non-hydrogen) atoms. The molecule has 0 bridgehead atoms. The third-order valence-corrected chi connectivity index (χ3v) is 12.3. The fraction of sp³-hybridized carbons (Fsp3) is 0.653. The third-order valence-electron chi connectivity index (χ3n) is 12.3. The molecule has 1 aliphatic heterocycles. The van der Waals surface area contributed by atoms with Crippen LogP contribution >= 0.6 is 0 Å². The van der Waals surface area contributed by atoms with Crippen LogP contribution in [0.3, 0.4) is 0 Å². The van der Waals surface area contributed by atoms with E-state index in [1.54, 1.807) is 50.4 Å². The quantitative estimate of drug-likeness (QED) is 0.117. The predicted molar refractivity (Wildman–Crippen MR) is 246 cm³/mol. The maximum Gasteiger partial charge on any atom is 0.245 e. The van der Waals surface area contributed by atoms with Gasteiger partial charge in [-0.25, -0.2) is 0 Å². The monoisotopic (exact) mass is 866 g/mol. The van der Waals surface area contributed by atoms with Gasteiger partial charge in [0.25, 0.3) is 0 Å². The summed E-state index contributed by atoms with van der Waals surface area (Å²) in [5.41, 5.74) is 1.63. The average molecular weight is 866 g/mol. The fourth-order valence-corrected chi connectivity index (χ4v) is 8.78. The number of hydrogen-bond acceptors (Lipinski definition) is 9. The molecule has 0 aliphatic carbocycles. The standard InChI is InChI=1S/C48H75N5O8.CH4/c1-14-32(6)44(52(11)48(58)42(30(2)3)50-47(57)43(31(4)5)51(9)10)40(59-12)28-41(55)53-26-18-21-39(53)45(60-13)33(7)46(56)49-37(27-35-19-16-15-17-20-35)29-61-38-24-22-36(23-25-38)34(8)54;/h15-17,19-20,22-25,30-33,37,39-40,42-45H,14,18,21,26-29H2,1-13H3,(H,49,56)(H,50,57);1H4/t32-,33+,37-,39-,40+,42-,43-,44-,45+;/m0./s1. The van der Waals surface area contributed by atoms with Gasteiger partial charge in [0.15, 0.2) is 5.78 Å². The van der Waals surface area contributed by atoms with Gasteiger partial charge in [-0.2, -0.15) is 0 Å². The second kappa shape index (κ2) is 25.7. The number of likely N-dealkylation sites (N-methyl/N-ethyl adjacent to an activating group) is 2. The van der Waals surface area contributed by atoms with Gasteiger partial charge in [-0.3, -0.25) is 28.9 Å². The zero-order valence-corrected chi connectivity index (χ0v) is 39.1. The average Bonchev–Trinajstić information content (AvgIpc) is 3.71. The number of Topliss-reactive ketones (excluding diaryl/α,β-unsaturated/α-hetero) is 1. The van der Waals surface area contributed by atoms with Gasteiger partial charge in [-0.1, -0.05) is 92.6 Å². The van der Waals surface area contributed by atoms with Gasteiger partial charge in [-0.15, -0.1) is 0 Å². The molecule has 0 saturated carbocycles. The van der Waals surface area contributed by atoms with E-state index in [0.717, 1.165) is 18.4 Å². The topological polar surface area (TPSA) is 147 Å². The number of carbonyl (C=O) groups excluding carboxylic acids is 5. The number of carbonyl (C=O) groups is 5. The lowest BCUT2D eigenvalue weighted by molar-refractivity contribution is -0.148. The Morgan fingerprint density at radius 3 is 1.98 bits per heavy atom. The number of ketones is 1. The zero-order chi connectivity index (χ0) is 45.6. The molecule has 13 nitrogen and oxygen atoms in total. The Morgan fingerprint density at radius 1 is 0.839 bits per heavy atom. The molecule has 2 N–H and O–H groups in total. The van der Waals surface area contributed by atoms with E-state index in [0.29, 0.717) is 30.7 Å². The molecule has 4 amide bonds. The van der Waals surface area contributed by atoms with E-state index < -0.39 is 36.3 Å². The maximum atomic E-state index is 14.4. The van der Waals surface area contributed by atoms with E-state index in [-0.39, 0.29) is 79.7 Å². The number of rotatable bonds is 24. The summed E-state index contributed by atoms with van der Waals surface area (Å²) >= 11 is 0. The van der Waals surface area contributed by atoms with E-state index in [4.69, 9.17) is 14.2 Å². The summed E-state index contributed by atoms with van der Waals surface area (Å²) < 4.78 is 18.2. The molecular weight excluding hydrogens is 787 g/mol. The predicted octanol–water partition coefficient (Wildman–Crippen LogP) is 6.28. The molecule has 3 rings (SSSR count). The van der Waals surface area contributed by atoms with Crippen LogP contribution in [-0.4, -0.2) is 135 Å². The van der Waals surface area contributed by atoms with Crippen molar-refractivity contribution in [2.45, 2.75) is 137 Å². The van der Waals surface area contributed by atoms with Crippen molar-refractivity contribution in [2.75, 3.05) is 48.5 Å². The van der Waals surface area contributed by atoms with Crippen LogP contribution in [0.4, 0.5) is 0 Å². The first-order chi connectivity index (χ1) is 28.9. The van der Waals surface area contributed by atoms with Crippen molar-refractivity contribution in [3.63, 3.8) is 0 Å². The molecular formula is C49H79N5O8. The largest absolute Gasteiger partial charge is 0.491 e. The third kappa shape index (κ3) is 14.6. The SMILES string of the molecule is C.CC[C@H](C)[C@@H]([C@@H](CC(=O)N1CCC[C@H]1[C@H](OC)[C@@H](C)C(=O)N[C@H](COc1ccc(C(C)=O)cc1)Cc1ccccc1)OC)N(C)C(=O)[C@@H](NC(=O)[C@H](C(C)C)N(C)C)C(C)C. The van der Waals surface area contributed by atoms with E-state index in [1.807, 2.05) is 95.8 Å². The van der Waals surface area contributed by atoms with E-state index in [9.17, 15) is 24.0 Å². The normalized spacial score (nSPS) is 17.9. The summed E-state index contributed by atoms with van der Waals surface area (Å²) in [6.07, 6.45) is 1.48. The highest BCUT2D eigenvalue weighted by atomic mass is 16.5. The molecule has 13 heteroatoms. The number of ether oxygens (including phenoxy) is 3. The Kier molecular flexibility index (Phi) is 22.3. The summed E-state index contributed by atoms with van der Waals surface area (Å²) in [6, 6.07) is 14.4. The summed E-state index contributed by atoms with van der Waals surface area (Å²) in [5, 5.41) is 6.25. The molecule has 2 aromatic carbocycles. The van der Waals surface area contributed by atoms with Crippen molar-refractivity contribution < 1.29 is 38.2 Å². The number of likely N-dealkylation sites (tertiary alicyclic amines) is 1. The molecule has 1 heterocycles. The lowest BCUT2D eigenvalue weighted by Crippen LogP contribution is -2.59. The van der Waals surface area contributed by atoms with Gasteiger partial charge in [0.05, 0.1) is 48.7 Å². The second-order valence-electron chi connectivity index (χ2n) is 17.8. The minimum atomic E-state index is -0.769. The van der Waals surface area contributed by atoms with Crippen molar-refractivity contribution in [1.82, 2.24) is 25.3 Å². The number of benzene rings is 2. The van der Waals surface area contributed by atoms with Crippen molar-refractivity contribution in [2.24, 2.45) is 23.7 Å². The van der Waals surface area contributed by atoms with Crippen molar-refractivity contribution in [1.29, 1.82) is 0 Å². The fourth-order valence-electron chi connectivity index (χ4n) is 8.78. The molecule has 0 spiro atoms. The lowest BCUT2D eigenvalue weighted by Gasteiger charge is -2.41. The van der Waals surface area contributed by atoms with Gasteiger partial charge in [0.1, 0.15) is 18.4 Å². The molecule has 348 valence electrons. The molecule has 1 fully saturated rings. The second-order valence-corrected chi connectivity index (χ2v) is 17.8. The van der Waals surface area contributed by atoms with Crippen LogP contribution in [0.5, 0.6) is 5.75 Å². The molecule has 0 unspecified atom stereocenters. The van der Waals surface area contributed by atoms with Gasteiger partial charge >= 0.3 is 0 Å². The zero-order valence-electron chi connectivity index (χ0n) is 39.1. The number of nitrogens with zero attached hydrogens (tertiary/aromatic N) is 3. The first kappa shape index (κ1) is 53.8. The number of nitrogens with one attached hydrogen (secondary N) is 2. The summed E-state index contributed by atoms with van der Waals surface area (Å²) in [6.45, 7) is 16.0. The Bertz CT molecular complexity index is 1700. The van der Waals surface area contributed by atoms with Crippen LogP contribution < -0.4 is 15.4 Å². The van der Waals surface area contributed by atoms with Gasteiger partial charge in [0, 0.05) is 33.4 Å². The van der Waals surface area contributed by atoms with Crippen molar-refractivity contribution in [3.8, 4) is 5.75 Å². The molecule has 0 aromatic heterocycles. The van der Waals surface area contributed by atoms with Gasteiger partial charge in [0.2, 0.25) is 23.6 Å². The summed E-state index contributed by atoms with van der Waals surface area (Å²) in [7, 11) is 8.60. The van der Waals surface area contributed by atoms with Crippen molar-refractivity contribution in [3.05, 3.63) is 65.7 Å². The molecule has 1 aliphatic rings. The van der Waals surface area contributed by atoms with Gasteiger partial charge in [-0.05, 0) is 87.9 Å². The van der Waals surface area contributed by atoms with Crippen molar-refractivity contribution >= 4 is 29.4 Å². The number of amides is 4. The molecule has 0 radical (unpaired) electrons. The van der Waals surface area contributed by atoms with E-state index >= 15 is 0 Å². The highest BCUT2D eigenvalue weighted by Gasteiger charge is 2.43. The summed E-state index contributed by atoms with van der Waals surface area (Å²) in [4.78, 5) is 73.4.